The predicted molar refractivity (Wildman–Crippen MR) is 111 cm³/mol. The zero-order valence-corrected chi connectivity index (χ0v) is 16.6. The van der Waals surface area contributed by atoms with Gasteiger partial charge in [-0.05, 0) is 29.7 Å². The van der Waals surface area contributed by atoms with Crippen molar-refractivity contribution < 1.29 is 19.5 Å². The van der Waals surface area contributed by atoms with Crippen molar-refractivity contribution in [3.63, 3.8) is 0 Å². The second-order valence-corrected chi connectivity index (χ2v) is 6.80. The summed E-state index contributed by atoms with van der Waals surface area (Å²) in [6.07, 6.45) is -0.806. The minimum absolute atomic E-state index is 0.0839. The third-order valence-electron chi connectivity index (χ3n) is 4.88. The SMILES string of the molecule is COc1cc(CC(O)c2ccc(-c3ccc(C)cc3)cc2)c([N+](=O)[O-])cc1OC. The topological polar surface area (TPSA) is 81.8 Å². The number of nitro benzene ring substituents is 1. The van der Waals surface area contributed by atoms with Crippen LogP contribution in [-0.2, 0) is 6.42 Å². The molecular weight excluding hydrogens is 370 g/mol. The second kappa shape index (κ2) is 8.75. The largest absolute Gasteiger partial charge is 0.493 e. The van der Waals surface area contributed by atoms with E-state index < -0.39 is 11.0 Å². The number of hydrogen-bond acceptors (Lipinski definition) is 5. The fourth-order valence-corrected chi connectivity index (χ4v) is 3.21. The quantitative estimate of drug-likeness (QED) is 0.458. The average Bonchev–Trinajstić information content (AvgIpc) is 2.73. The lowest BCUT2D eigenvalue weighted by Crippen LogP contribution is -2.05. The van der Waals surface area contributed by atoms with E-state index >= 15 is 0 Å². The van der Waals surface area contributed by atoms with Gasteiger partial charge in [0.25, 0.3) is 5.69 Å². The van der Waals surface area contributed by atoms with Gasteiger partial charge >= 0.3 is 0 Å². The highest BCUT2D eigenvalue weighted by Crippen LogP contribution is 2.36. The normalized spacial score (nSPS) is 11.7. The number of aliphatic hydroxyl groups excluding tert-OH is 1. The van der Waals surface area contributed by atoms with Crippen molar-refractivity contribution in [1.29, 1.82) is 0 Å². The van der Waals surface area contributed by atoms with E-state index in [4.69, 9.17) is 9.47 Å². The molecule has 0 fully saturated rings. The van der Waals surface area contributed by atoms with Crippen molar-refractivity contribution in [2.75, 3.05) is 14.2 Å². The van der Waals surface area contributed by atoms with E-state index in [1.54, 1.807) is 6.07 Å². The molecule has 0 saturated heterocycles. The van der Waals surface area contributed by atoms with E-state index in [9.17, 15) is 15.2 Å². The van der Waals surface area contributed by atoms with Crippen molar-refractivity contribution in [2.45, 2.75) is 19.4 Å². The number of methoxy groups -OCH3 is 2. The first-order valence-corrected chi connectivity index (χ1v) is 9.17. The molecule has 3 aromatic carbocycles. The van der Waals surface area contributed by atoms with Gasteiger partial charge in [-0.2, -0.15) is 0 Å². The Kier molecular flexibility index (Phi) is 6.14. The smallest absolute Gasteiger partial charge is 0.276 e. The van der Waals surface area contributed by atoms with Gasteiger partial charge in [0.2, 0.25) is 0 Å². The maximum absolute atomic E-state index is 11.5. The summed E-state index contributed by atoms with van der Waals surface area (Å²) in [7, 11) is 2.89. The summed E-state index contributed by atoms with van der Waals surface area (Å²) in [6.45, 7) is 2.04. The Bertz CT molecular complexity index is 997. The van der Waals surface area contributed by atoms with Crippen molar-refractivity contribution in [3.05, 3.63) is 87.5 Å². The molecule has 0 aliphatic rings. The molecule has 0 aliphatic heterocycles. The van der Waals surface area contributed by atoms with Crippen LogP contribution in [0.25, 0.3) is 11.1 Å². The lowest BCUT2D eigenvalue weighted by molar-refractivity contribution is -0.385. The van der Waals surface area contributed by atoms with Gasteiger partial charge in [-0.25, -0.2) is 0 Å². The summed E-state index contributed by atoms with van der Waals surface area (Å²) in [5, 5.41) is 22.1. The molecule has 1 unspecified atom stereocenters. The minimum atomic E-state index is -0.890. The molecule has 0 heterocycles. The Morgan fingerprint density at radius 3 is 1.97 bits per heavy atom. The van der Waals surface area contributed by atoms with Crippen LogP contribution in [0.15, 0.2) is 60.7 Å². The van der Waals surface area contributed by atoms with Crippen LogP contribution in [0.3, 0.4) is 0 Å². The molecule has 0 bridgehead atoms. The fraction of sp³-hybridized carbons (Fsp3) is 0.217. The molecule has 6 heteroatoms. The molecule has 3 rings (SSSR count). The van der Waals surface area contributed by atoms with Crippen molar-refractivity contribution in [2.24, 2.45) is 0 Å². The molecule has 1 atom stereocenters. The number of nitrogens with zero attached hydrogens (tertiary/aromatic N) is 1. The summed E-state index contributed by atoms with van der Waals surface area (Å²) in [6, 6.07) is 18.6. The molecule has 0 spiro atoms. The Hall–Kier alpha value is -3.38. The predicted octanol–water partition coefficient (Wildman–Crippen LogP) is 4.86. The van der Waals surface area contributed by atoms with Crippen LogP contribution in [0.1, 0.15) is 22.8 Å². The monoisotopic (exact) mass is 393 g/mol. The van der Waals surface area contributed by atoms with E-state index in [1.807, 2.05) is 55.5 Å². The van der Waals surface area contributed by atoms with Crippen LogP contribution in [0, 0.1) is 17.0 Å². The first-order chi connectivity index (χ1) is 13.9. The third kappa shape index (κ3) is 4.55. The number of hydrogen-bond donors (Lipinski definition) is 1. The van der Waals surface area contributed by atoms with Crippen molar-refractivity contribution in [1.82, 2.24) is 0 Å². The molecular formula is C23H23NO5. The lowest BCUT2D eigenvalue weighted by Gasteiger charge is -2.14. The number of rotatable bonds is 7. The van der Waals surface area contributed by atoms with Gasteiger partial charge in [-0.3, -0.25) is 10.1 Å². The van der Waals surface area contributed by atoms with Gasteiger partial charge in [0.05, 0.1) is 31.3 Å². The zero-order chi connectivity index (χ0) is 21.0. The fourth-order valence-electron chi connectivity index (χ4n) is 3.21. The van der Waals surface area contributed by atoms with E-state index in [1.165, 1.54) is 25.8 Å². The highest BCUT2D eigenvalue weighted by molar-refractivity contribution is 5.64. The van der Waals surface area contributed by atoms with E-state index in [0.29, 0.717) is 16.9 Å². The molecule has 0 aliphatic carbocycles. The number of aliphatic hydroxyl groups is 1. The standard InChI is InChI=1S/C23H23NO5/c1-15-4-6-16(7-5-15)17-8-10-18(11-9-17)21(25)12-19-13-22(28-2)23(29-3)14-20(19)24(26)27/h4-11,13-14,21,25H,12H2,1-3H3. The first kappa shape index (κ1) is 20.4. The molecule has 6 nitrogen and oxygen atoms in total. The highest BCUT2D eigenvalue weighted by atomic mass is 16.6. The molecule has 0 saturated carbocycles. The van der Waals surface area contributed by atoms with Gasteiger partial charge in [-0.15, -0.1) is 0 Å². The molecule has 0 aromatic heterocycles. The van der Waals surface area contributed by atoms with Crippen molar-refractivity contribution >= 4 is 5.69 Å². The maximum Gasteiger partial charge on any atom is 0.276 e. The third-order valence-corrected chi connectivity index (χ3v) is 4.88. The maximum atomic E-state index is 11.5. The average molecular weight is 393 g/mol. The van der Waals surface area contributed by atoms with Crippen LogP contribution < -0.4 is 9.47 Å². The second-order valence-electron chi connectivity index (χ2n) is 6.80. The number of nitro groups is 1. The van der Waals surface area contributed by atoms with E-state index in [-0.39, 0.29) is 17.9 Å². The minimum Gasteiger partial charge on any atom is -0.493 e. The van der Waals surface area contributed by atoms with Gasteiger partial charge in [0.15, 0.2) is 11.5 Å². The molecule has 29 heavy (non-hydrogen) atoms. The van der Waals surface area contributed by atoms with Crippen LogP contribution in [0.2, 0.25) is 0 Å². The molecule has 1 N–H and O–H groups in total. The molecule has 0 amide bonds. The molecule has 150 valence electrons. The van der Waals surface area contributed by atoms with Crippen LogP contribution in [0.4, 0.5) is 5.69 Å². The summed E-state index contributed by atoms with van der Waals surface area (Å²) in [5.41, 5.74) is 4.27. The zero-order valence-electron chi connectivity index (χ0n) is 16.6. The Balaban J connectivity index is 1.85. The van der Waals surface area contributed by atoms with Gasteiger partial charge in [0.1, 0.15) is 0 Å². The Morgan fingerprint density at radius 2 is 1.45 bits per heavy atom. The molecule has 3 aromatic rings. The number of aryl methyl sites for hydroxylation is 1. The summed E-state index contributed by atoms with van der Waals surface area (Å²) in [4.78, 5) is 11.0. The Labute approximate surface area is 169 Å². The summed E-state index contributed by atoms with van der Waals surface area (Å²) >= 11 is 0. The summed E-state index contributed by atoms with van der Waals surface area (Å²) < 4.78 is 10.4. The van der Waals surface area contributed by atoms with Crippen LogP contribution in [0.5, 0.6) is 11.5 Å². The van der Waals surface area contributed by atoms with Crippen LogP contribution in [-0.4, -0.2) is 24.2 Å². The Morgan fingerprint density at radius 1 is 0.931 bits per heavy atom. The van der Waals surface area contributed by atoms with Crippen molar-refractivity contribution in [3.8, 4) is 22.6 Å². The van der Waals surface area contributed by atoms with E-state index in [2.05, 4.69) is 0 Å². The highest BCUT2D eigenvalue weighted by Gasteiger charge is 2.22. The number of benzene rings is 3. The molecule has 0 radical (unpaired) electrons. The van der Waals surface area contributed by atoms with Crippen LogP contribution >= 0.6 is 0 Å². The van der Waals surface area contributed by atoms with Gasteiger partial charge in [-0.1, -0.05) is 54.1 Å². The number of ether oxygens (including phenoxy) is 2. The lowest BCUT2D eigenvalue weighted by atomic mass is 9.97. The van der Waals surface area contributed by atoms with Gasteiger partial charge in [0, 0.05) is 12.0 Å². The first-order valence-electron chi connectivity index (χ1n) is 9.17. The van der Waals surface area contributed by atoms with E-state index in [0.717, 1.165) is 11.1 Å². The summed E-state index contributed by atoms with van der Waals surface area (Å²) in [5.74, 6) is 0.662. The van der Waals surface area contributed by atoms with Gasteiger partial charge < -0.3 is 14.6 Å².